The van der Waals surface area contributed by atoms with Crippen LogP contribution in [0.2, 0.25) is 0 Å². The molecule has 2 aromatic rings. The van der Waals surface area contributed by atoms with Crippen LogP contribution in [0, 0.1) is 27.7 Å². The summed E-state index contributed by atoms with van der Waals surface area (Å²) < 4.78 is 33.2. The average molecular weight is 378 g/mol. The van der Waals surface area contributed by atoms with Crippen molar-refractivity contribution in [2.24, 2.45) is 0 Å². The Morgan fingerprint density at radius 1 is 1.00 bits per heavy atom. The first-order chi connectivity index (χ1) is 12.3. The molecule has 1 aromatic heterocycles. The van der Waals surface area contributed by atoms with Gasteiger partial charge in [0.25, 0.3) is 0 Å². The minimum absolute atomic E-state index is 0.456. The van der Waals surface area contributed by atoms with Gasteiger partial charge in [0.1, 0.15) is 0 Å². The van der Waals surface area contributed by atoms with Crippen LogP contribution in [0.15, 0.2) is 21.4 Å². The molecule has 142 valence electrons. The number of benzene rings is 1. The molecule has 8 heteroatoms. The first kappa shape index (κ1) is 19.0. The maximum Gasteiger partial charge on any atom is 0.243 e. The molecule has 0 unspecified atom stereocenters. The van der Waals surface area contributed by atoms with E-state index in [2.05, 4.69) is 15.1 Å². The molecule has 1 aromatic carbocycles. The van der Waals surface area contributed by atoms with Gasteiger partial charge in [0.2, 0.25) is 21.8 Å². The van der Waals surface area contributed by atoms with Crippen LogP contribution in [-0.2, 0) is 16.4 Å². The summed E-state index contributed by atoms with van der Waals surface area (Å²) in [5.74, 6) is 1.20. The monoisotopic (exact) mass is 378 g/mol. The van der Waals surface area contributed by atoms with Crippen molar-refractivity contribution in [2.45, 2.75) is 39.0 Å². The van der Waals surface area contributed by atoms with Gasteiger partial charge in [-0.2, -0.15) is 4.31 Å². The second kappa shape index (κ2) is 7.46. The van der Waals surface area contributed by atoms with Crippen LogP contribution < -0.4 is 0 Å². The highest BCUT2D eigenvalue weighted by atomic mass is 32.2. The predicted molar refractivity (Wildman–Crippen MR) is 98.6 cm³/mol. The molecule has 1 fully saturated rings. The third-order valence-electron chi connectivity index (χ3n) is 4.74. The minimum atomic E-state index is -3.46. The van der Waals surface area contributed by atoms with E-state index in [0.29, 0.717) is 49.3 Å². The Labute approximate surface area is 155 Å². The quantitative estimate of drug-likeness (QED) is 0.790. The third-order valence-corrected chi connectivity index (χ3v) is 6.95. The van der Waals surface area contributed by atoms with Crippen LogP contribution in [0.4, 0.5) is 0 Å². The van der Waals surface area contributed by atoms with Crippen molar-refractivity contribution in [1.29, 1.82) is 0 Å². The molecule has 26 heavy (non-hydrogen) atoms. The Morgan fingerprint density at radius 2 is 1.62 bits per heavy atom. The topological polar surface area (TPSA) is 79.5 Å². The first-order valence-electron chi connectivity index (χ1n) is 8.86. The van der Waals surface area contributed by atoms with Crippen LogP contribution in [0.25, 0.3) is 0 Å². The fourth-order valence-corrected chi connectivity index (χ4v) is 5.42. The van der Waals surface area contributed by atoms with E-state index in [1.807, 2.05) is 32.9 Å². The molecule has 2 heterocycles. The Bertz CT molecular complexity index is 861. The van der Waals surface area contributed by atoms with Gasteiger partial charge in [-0.15, -0.1) is 10.2 Å². The van der Waals surface area contributed by atoms with Gasteiger partial charge in [0.05, 0.1) is 4.90 Å². The number of piperazine rings is 1. The van der Waals surface area contributed by atoms with Crippen LogP contribution in [0.5, 0.6) is 0 Å². The van der Waals surface area contributed by atoms with Crippen molar-refractivity contribution in [3.05, 3.63) is 40.6 Å². The molecule has 0 bridgehead atoms. The summed E-state index contributed by atoms with van der Waals surface area (Å²) in [4.78, 5) is 2.69. The van der Waals surface area contributed by atoms with Crippen molar-refractivity contribution in [2.75, 3.05) is 32.7 Å². The fourth-order valence-electron chi connectivity index (χ4n) is 3.59. The maximum atomic E-state index is 13.1. The summed E-state index contributed by atoms with van der Waals surface area (Å²) in [7, 11) is -3.46. The molecule has 1 aliphatic heterocycles. The van der Waals surface area contributed by atoms with E-state index in [1.54, 1.807) is 11.2 Å². The zero-order valence-corrected chi connectivity index (χ0v) is 16.6. The molecular weight excluding hydrogens is 352 g/mol. The molecule has 0 spiro atoms. The molecule has 3 rings (SSSR count). The molecule has 0 aliphatic carbocycles. The number of aromatic nitrogens is 2. The minimum Gasteiger partial charge on any atom is -0.426 e. The molecule has 1 aliphatic rings. The lowest BCUT2D eigenvalue weighted by Crippen LogP contribution is -2.49. The normalized spacial score (nSPS) is 16.9. The molecular formula is C18H26N4O3S. The van der Waals surface area contributed by atoms with Gasteiger partial charge in [0, 0.05) is 46.1 Å². The fraction of sp³-hybridized carbons (Fsp3) is 0.556. The molecule has 0 saturated carbocycles. The number of hydrogen-bond acceptors (Lipinski definition) is 6. The highest BCUT2D eigenvalue weighted by Gasteiger charge is 2.30. The van der Waals surface area contributed by atoms with E-state index in [1.165, 1.54) is 0 Å². The summed E-state index contributed by atoms with van der Waals surface area (Å²) in [6.45, 7) is 10.7. The highest BCUT2D eigenvalue weighted by Crippen LogP contribution is 2.26. The molecule has 7 nitrogen and oxygen atoms in total. The lowest BCUT2D eigenvalue weighted by Gasteiger charge is -2.34. The predicted octanol–water partition coefficient (Wildman–Crippen LogP) is 1.85. The van der Waals surface area contributed by atoms with Crippen LogP contribution >= 0.6 is 0 Å². The van der Waals surface area contributed by atoms with Gasteiger partial charge in [-0.05, 0) is 31.9 Å². The average Bonchev–Trinajstić information content (AvgIpc) is 2.97. The molecule has 0 amide bonds. The van der Waals surface area contributed by atoms with Gasteiger partial charge < -0.3 is 9.32 Å². The standard InChI is InChI=1S/C18H26N4O3S/c1-13-11-14(2)18(15(3)12-13)26(23,24)22-9-7-21(8-10-22)6-5-17-20-19-16(4)25-17/h11-12H,5-10H2,1-4H3. The summed E-state index contributed by atoms with van der Waals surface area (Å²) in [5, 5.41) is 7.83. The van der Waals surface area contributed by atoms with E-state index < -0.39 is 10.0 Å². The van der Waals surface area contributed by atoms with Crippen LogP contribution in [-0.4, -0.2) is 60.5 Å². The summed E-state index contributed by atoms with van der Waals surface area (Å²) in [6.07, 6.45) is 0.684. The third kappa shape index (κ3) is 3.97. The summed E-state index contributed by atoms with van der Waals surface area (Å²) >= 11 is 0. The van der Waals surface area contributed by atoms with Crippen molar-refractivity contribution >= 4 is 10.0 Å². The second-order valence-electron chi connectivity index (χ2n) is 6.94. The summed E-state index contributed by atoms with van der Waals surface area (Å²) in [5.41, 5.74) is 2.72. The Balaban J connectivity index is 1.64. The van der Waals surface area contributed by atoms with Crippen molar-refractivity contribution in [3.63, 3.8) is 0 Å². The van der Waals surface area contributed by atoms with E-state index in [0.717, 1.165) is 23.2 Å². The number of sulfonamides is 1. The Morgan fingerprint density at radius 3 is 2.15 bits per heavy atom. The van der Waals surface area contributed by atoms with E-state index in [-0.39, 0.29) is 0 Å². The van der Waals surface area contributed by atoms with E-state index in [9.17, 15) is 8.42 Å². The van der Waals surface area contributed by atoms with Crippen molar-refractivity contribution < 1.29 is 12.8 Å². The second-order valence-corrected chi connectivity index (χ2v) is 8.81. The van der Waals surface area contributed by atoms with Gasteiger partial charge >= 0.3 is 0 Å². The number of rotatable bonds is 5. The maximum absolute atomic E-state index is 13.1. The summed E-state index contributed by atoms with van der Waals surface area (Å²) in [6, 6.07) is 3.87. The van der Waals surface area contributed by atoms with Crippen LogP contribution in [0.3, 0.4) is 0 Å². The largest absolute Gasteiger partial charge is 0.426 e. The smallest absolute Gasteiger partial charge is 0.243 e. The molecule has 1 saturated heterocycles. The molecule has 0 atom stereocenters. The number of aryl methyl sites for hydroxylation is 4. The van der Waals surface area contributed by atoms with Crippen LogP contribution in [0.1, 0.15) is 28.5 Å². The Hall–Kier alpha value is -1.77. The van der Waals surface area contributed by atoms with Crippen molar-refractivity contribution in [3.8, 4) is 0 Å². The first-order valence-corrected chi connectivity index (χ1v) is 10.3. The lowest BCUT2D eigenvalue weighted by atomic mass is 10.1. The zero-order valence-electron chi connectivity index (χ0n) is 15.8. The van der Waals surface area contributed by atoms with Gasteiger partial charge in [-0.25, -0.2) is 8.42 Å². The number of hydrogen-bond donors (Lipinski definition) is 0. The van der Waals surface area contributed by atoms with Crippen molar-refractivity contribution in [1.82, 2.24) is 19.4 Å². The molecule has 0 N–H and O–H groups in total. The van der Waals surface area contributed by atoms with E-state index in [4.69, 9.17) is 4.42 Å². The lowest BCUT2D eigenvalue weighted by molar-refractivity contribution is 0.186. The zero-order chi connectivity index (χ0) is 18.9. The molecule has 0 radical (unpaired) electrons. The SMILES string of the molecule is Cc1cc(C)c(S(=O)(=O)N2CCN(CCc3nnc(C)o3)CC2)c(C)c1. The van der Waals surface area contributed by atoms with Gasteiger partial charge in [-0.3, -0.25) is 0 Å². The number of nitrogens with zero attached hydrogens (tertiary/aromatic N) is 4. The van der Waals surface area contributed by atoms with E-state index >= 15 is 0 Å². The van der Waals surface area contributed by atoms with Gasteiger partial charge in [0.15, 0.2) is 0 Å². The highest BCUT2D eigenvalue weighted by molar-refractivity contribution is 7.89. The Kier molecular flexibility index (Phi) is 5.45. The van der Waals surface area contributed by atoms with Gasteiger partial charge in [-0.1, -0.05) is 17.7 Å².